The van der Waals surface area contributed by atoms with Crippen LogP contribution in [-0.4, -0.2) is 368 Å². The van der Waals surface area contributed by atoms with Gasteiger partial charge in [-0.15, -0.1) is 0 Å². The van der Waals surface area contributed by atoms with Crippen molar-refractivity contribution in [1.29, 1.82) is 0 Å². The highest BCUT2D eigenvalue weighted by Gasteiger charge is 2.59. The summed E-state index contributed by atoms with van der Waals surface area (Å²) in [4.78, 5) is 0. The lowest BCUT2D eigenvalue weighted by molar-refractivity contribution is -0.396. The second kappa shape index (κ2) is 26.0. The molecule has 0 radical (unpaired) electrons. The number of aliphatic hydroxyl groups is 21. The summed E-state index contributed by atoms with van der Waals surface area (Å²) < 4.78 is 79.5. The van der Waals surface area contributed by atoms with E-state index in [-0.39, 0.29) is 0 Å². The number of rotatable bonds is 7. The first kappa shape index (κ1) is 61.7. The van der Waals surface area contributed by atoms with Gasteiger partial charge in [0.2, 0.25) is 0 Å². The predicted molar refractivity (Wildman–Crippen MR) is 228 cm³/mol. The van der Waals surface area contributed by atoms with Gasteiger partial charge in [-0.3, -0.25) is 0 Å². The third kappa shape index (κ3) is 12.1. The molecule has 35 heteroatoms. The molecule has 0 aromatic carbocycles. The van der Waals surface area contributed by atoms with Crippen molar-refractivity contribution in [3.8, 4) is 0 Å². The van der Waals surface area contributed by atoms with Crippen molar-refractivity contribution < 1.29 is 174 Å². The van der Waals surface area contributed by atoms with E-state index in [1.54, 1.807) is 0 Å². The van der Waals surface area contributed by atoms with Gasteiger partial charge >= 0.3 is 0 Å². The van der Waals surface area contributed by atoms with Crippen molar-refractivity contribution in [2.24, 2.45) is 0 Å². The molecule has 0 unspecified atom stereocenters. The Morgan fingerprint density at radius 3 is 0.351 bits per heavy atom. The molecular formula is C42H70O35. The van der Waals surface area contributed by atoms with Crippen LogP contribution in [0, 0.1) is 0 Å². The lowest BCUT2D eigenvalue weighted by atomic mass is 9.95. The molecule has 21 N–H and O–H groups in total. The molecule has 0 saturated carbocycles. The van der Waals surface area contributed by atoms with Gasteiger partial charge in [-0.25, -0.2) is 0 Å². The van der Waals surface area contributed by atoms with Crippen LogP contribution in [0.3, 0.4) is 0 Å². The van der Waals surface area contributed by atoms with Crippen LogP contribution in [-0.2, 0) is 66.3 Å². The van der Waals surface area contributed by atoms with Crippen molar-refractivity contribution >= 4 is 0 Å². The fourth-order valence-electron chi connectivity index (χ4n) is 10.4. The van der Waals surface area contributed by atoms with Crippen molar-refractivity contribution in [2.75, 3.05) is 46.2 Å². The Labute approximate surface area is 434 Å². The molecule has 0 spiro atoms. The first-order chi connectivity index (χ1) is 36.7. The molecule has 21 fully saturated rings. The Balaban J connectivity index is 1.08. The van der Waals surface area contributed by atoms with E-state index >= 15 is 0 Å². The zero-order valence-corrected chi connectivity index (χ0v) is 40.3. The van der Waals surface area contributed by atoms with E-state index in [0.717, 1.165) is 0 Å². The van der Waals surface area contributed by atoms with Crippen LogP contribution in [0.4, 0.5) is 0 Å². The summed E-state index contributed by atoms with van der Waals surface area (Å²) >= 11 is 0. The lowest BCUT2D eigenvalue weighted by Gasteiger charge is -2.50. The van der Waals surface area contributed by atoms with E-state index in [4.69, 9.17) is 66.3 Å². The number of hydrogen-bond acceptors (Lipinski definition) is 35. The third-order valence-electron chi connectivity index (χ3n) is 14.8. The molecule has 35 atom stereocenters. The number of hydrogen-bond donors (Lipinski definition) is 21. The van der Waals surface area contributed by atoms with E-state index in [9.17, 15) is 107 Å². The van der Waals surface area contributed by atoms with Crippen LogP contribution in [0.15, 0.2) is 0 Å². The monoisotopic (exact) mass is 1130 g/mol. The van der Waals surface area contributed by atoms with Gasteiger partial charge in [-0.2, -0.15) is 0 Å². The topological polar surface area (TPSA) is 554 Å². The molecule has 35 nitrogen and oxygen atoms in total. The highest BCUT2D eigenvalue weighted by Crippen LogP contribution is 2.39. The molecule has 448 valence electrons. The molecule has 21 rings (SSSR count). The highest BCUT2D eigenvalue weighted by molar-refractivity contribution is 5.01. The Morgan fingerprint density at radius 2 is 0.260 bits per heavy atom. The maximum absolute atomic E-state index is 11.3. The summed E-state index contributed by atoms with van der Waals surface area (Å²) in [6.45, 7) is -7.33. The minimum atomic E-state index is -2.21. The van der Waals surface area contributed by atoms with Crippen LogP contribution in [0.2, 0.25) is 0 Å². The molecule has 0 aromatic rings. The van der Waals surface area contributed by atoms with Gasteiger partial charge in [-0.1, -0.05) is 0 Å². The number of aliphatic hydroxyl groups excluding tert-OH is 21. The van der Waals surface area contributed by atoms with Gasteiger partial charge in [-0.05, 0) is 0 Å². The molecule has 0 aromatic heterocycles. The van der Waals surface area contributed by atoms with Crippen molar-refractivity contribution in [3.63, 3.8) is 0 Å². The van der Waals surface area contributed by atoms with Gasteiger partial charge in [0.05, 0.1) is 46.2 Å². The van der Waals surface area contributed by atoms with Gasteiger partial charge in [0, 0.05) is 0 Å². The van der Waals surface area contributed by atoms with Gasteiger partial charge in [0.1, 0.15) is 171 Å². The van der Waals surface area contributed by atoms with E-state index in [0.29, 0.717) is 0 Å². The van der Waals surface area contributed by atoms with Crippen LogP contribution in [0.1, 0.15) is 0 Å². The molecule has 21 saturated heterocycles. The first-order valence-electron chi connectivity index (χ1n) is 24.6. The summed E-state index contributed by atoms with van der Waals surface area (Å²) in [5, 5.41) is 230. The van der Waals surface area contributed by atoms with Gasteiger partial charge < -0.3 is 174 Å². The largest absolute Gasteiger partial charge is 0.394 e. The Morgan fingerprint density at radius 1 is 0.156 bits per heavy atom. The molecule has 21 aliphatic heterocycles. The van der Waals surface area contributed by atoms with Gasteiger partial charge in [0.25, 0.3) is 0 Å². The molecule has 21 aliphatic rings. The lowest BCUT2D eigenvalue weighted by Crippen LogP contribution is -2.68. The zero-order chi connectivity index (χ0) is 56.1. The van der Waals surface area contributed by atoms with E-state index in [1.807, 2.05) is 0 Å². The van der Waals surface area contributed by atoms with Crippen LogP contribution in [0.25, 0.3) is 0 Å². The summed E-state index contributed by atoms with van der Waals surface area (Å²) in [5.41, 5.74) is 0. The molecule has 14 bridgehead atoms. The number of ether oxygens (including phenoxy) is 14. The molecule has 0 amide bonds. The van der Waals surface area contributed by atoms with Crippen LogP contribution < -0.4 is 0 Å². The standard InChI is InChI=1S/C42H70O35/c43-1-8-29-15(50)22(57)36(64-8)72-30-9(2-44)66-38(24(59)17(30)52)74-32-11(4-46)68-40(26(61)19(32)54)76-34-13(6-48)70-42(28(63)21(34)56)77-35-14(7-49)69-41(27(62)20(35)55)75-33-12(5-47)67-39(25(60)18(33)53)73-31-10(3-45)65-37(71-29)23(58)16(31)51/h8-63H,1-7H2/t8-,9-,10-,11-,12-,13-,14-,15-,16-,17-,18-,19-,20-,21-,22-,23-,24-,25-,26-,27-,28-,29-,30-,31-,32-,33-,34-,35-,36-,37-,38+,39+,40-,41+,42-/m1/s1. The summed E-state index contributed by atoms with van der Waals surface area (Å²) in [6.07, 6.45) is -70.2. The van der Waals surface area contributed by atoms with E-state index < -0.39 is 261 Å². The minimum Gasteiger partial charge on any atom is -0.394 e. The van der Waals surface area contributed by atoms with Crippen molar-refractivity contribution in [1.82, 2.24) is 0 Å². The Bertz CT molecular complexity index is 1470. The highest BCUT2D eigenvalue weighted by atomic mass is 16.8. The Kier molecular flexibility index (Phi) is 20.8. The summed E-state index contributed by atoms with van der Waals surface area (Å²) in [7, 11) is 0. The Hall–Kier alpha value is -1.40. The minimum absolute atomic E-state index is 1.05. The molecule has 21 heterocycles. The molecule has 77 heavy (non-hydrogen) atoms. The zero-order valence-electron chi connectivity index (χ0n) is 40.3. The fourth-order valence-corrected chi connectivity index (χ4v) is 10.4. The molecular weight excluding hydrogens is 1060 g/mol. The van der Waals surface area contributed by atoms with Crippen LogP contribution >= 0.6 is 0 Å². The molecule has 0 aliphatic carbocycles. The summed E-state index contributed by atoms with van der Waals surface area (Å²) in [5.74, 6) is 0. The second-order valence-electron chi connectivity index (χ2n) is 19.7. The van der Waals surface area contributed by atoms with Crippen molar-refractivity contribution in [3.05, 3.63) is 0 Å². The normalized spacial score (nSPS) is 55.4. The predicted octanol–water partition coefficient (Wildman–Crippen LogP) is -15.2. The van der Waals surface area contributed by atoms with E-state index in [2.05, 4.69) is 0 Å². The maximum Gasteiger partial charge on any atom is 0.187 e. The first-order valence-corrected chi connectivity index (χ1v) is 24.6. The average Bonchev–Trinajstić information content (AvgIpc) is 3.45. The third-order valence-corrected chi connectivity index (χ3v) is 14.8. The van der Waals surface area contributed by atoms with Crippen LogP contribution in [0.5, 0.6) is 0 Å². The van der Waals surface area contributed by atoms with E-state index in [1.165, 1.54) is 0 Å². The SMILES string of the molecule is OC[C@H]1O[C@H]2O[C@H]3[C@H](O)[C@@H](O)[C@@H](O[C@H]4[C@H](O)[C@@H](O)[C@@H](O[C@H]5[C@H](O)[C@@H](O)[C@H](O[C@H]6[C@H](O)[C@@H](O)[C@@H](O[C@H]7[C@H](O)[C@@H](O)[C@@H](O[C@H]8[C@H](O)[C@@H](O)[C@H](O[C@H]1[C@H](O)[C@H]2O)O[C@@H]8CO)O[C@@H]7CO)O[C@@H]6CO)O[C@@H]5CO)O[C@@H]4CO)O[C@@H]3CO. The average molecular weight is 1130 g/mol. The van der Waals surface area contributed by atoms with Gasteiger partial charge in [0.15, 0.2) is 44.0 Å². The quantitative estimate of drug-likeness (QED) is 0.113. The maximum atomic E-state index is 11.3. The fraction of sp³-hybridized carbons (Fsp3) is 1.00. The second-order valence-corrected chi connectivity index (χ2v) is 19.7. The summed E-state index contributed by atoms with van der Waals surface area (Å²) in [6, 6.07) is 0. The van der Waals surface area contributed by atoms with Crippen molar-refractivity contribution in [2.45, 2.75) is 215 Å². The smallest absolute Gasteiger partial charge is 0.187 e.